The zero-order valence-electron chi connectivity index (χ0n) is 10.4. The van der Waals surface area contributed by atoms with Gasteiger partial charge in [-0.1, -0.05) is 0 Å². The summed E-state index contributed by atoms with van der Waals surface area (Å²) in [6, 6.07) is 11.6. The van der Waals surface area contributed by atoms with Crippen LogP contribution in [-0.2, 0) is 0 Å². The van der Waals surface area contributed by atoms with Gasteiger partial charge in [-0.05, 0) is 42.5 Å². The van der Waals surface area contributed by atoms with Gasteiger partial charge in [-0.15, -0.1) is 0 Å². The number of amides is 2. The number of nitrogens with two attached hydrogens (primary N) is 1. The van der Waals surface area contributed by atoms with Crippen molar-refractivity contribution in [2.24, 2.45) is 0 Å². The lowest BCUT2D eigenvalue weighted by atomic mass is 10.2. The standard InChI is InChI=1S/C14H11FN4O/c15-10-3-6-13(12(17)7-10)19-14(20)18-11-4-1-9(8-16)2-5-11/h1-7H,17H2,(H2,18,19,20). The van der Waals surface area contributed by atoms with Gasteiger partial charge < -0.3 is 16.4 Å². The smallest absolute Gasteiger partial charge is 0.323 e. The Morgan fingerprint density at radius 1 is 1.15 bits per heavy atom. The largest absolute Gasteiger partial charge is 0.397 e. The number of halogens is 1. The molecule has 6 heteroatoms. The van der Waals surface area contributed by atoms with Crippen LogP contribution in [0.1, 0.15) is 5.56 Å². The summed E-state index contributed by atoms with van der Waals surface area (Å²) >= 11 is 0. The second kappa shape index (κ2) is 5.71. The summed E-state index contributed by atoms with van der Waals surface area (Å²) in [5, 5.41) is 13.7. The number of hydrogen-bond acceptors (Lipinski definition) is 3. The molecule has 0 spiro atoms. The second-order valence-corrected chi connectivity index (χ2v) is 4.00. The number of nitrogens with one attached hydrogen (secondary N) is 2. The molecule has 0 atom stereocenters. The molecule has 0 saturated carbocycles. The number of carbonyl (C=O) groups is 1. The first kappa shape index (κ1) is 13.4. The summed E-state index contributed by atoms with van der Waals surface area (Å²) in [5.74, 6) is -0.472. The molecule has 0 aromatic heterocycles. The summed E-state index contributed by atoms with van der Waals surface area (Å²) in [6.45, 7) is 0. The van der Waals surface area contributed by atoms with E-state index in [9.17, 15) is 9.18 Å². The van der Waals surface area contributed by atoms with Crippen molar-refractivity contribution in [3.63, 3.8) is 0 Å². The lowest BCUT2D eigenvalue weighted by molar-refractivity contribution is 0.262. The molecule has 0 aliphatic rings. The van der Waals surface area contributed by atoms with Crippen molar-refractivity contribution in [3.8, 4) is 6.07 Å². The SMILES string of the molecule is N#Cc1ccc(NC(=O)Nc2ccc(F)cc2N)cc1. The van der Waals surface area contributed by atoms with Crippen molar-refractivity contribution >= 4 is 23.1 Å². The minimum atomic E-state index is -0.506. The van der Waals surface area contributed by atoms with Crippen LogP contribution in [0.3, 0.4) is 0 Å². The predicted octanol–water partition coefficient (Wildman–Crippen LogP) is 2.92. The molecule has 0 aliphatic heterocycles. The molecule has 0 bridgehead atoms. The normalized spacial score (nSPS) is 9.60. The molecule has 0 saturated heterocycles. The molecule has 2 aromatic rings. The molecule has 2 aromatic carbocycles. The molecular formula is C14H11FN4O. The summed E-state index contributed by atoms with van der Waals surface area (Å²) in [6.07, 6.45) is 0. The van der Waals surface area contributed by atoms with Gasteiger partial charge in [0.2, 0.25) is 0 Å². The number of anilines is 3. The molecule has 4 N–H and O–H groups in total. The highest BCUT2D eigenvalue weighted by Crippen LogP contribution is 2.19. The van der Waals surface area contributed by atoms with Gasteiger partial charge in [0, 0.05) is 5.69 Å². The molecule has 2 rings (SSSR count). The highest BCUT2D eigenvalue weighted by Gasteiger charge is 2.06. The van der Waals surface area contributed by atoms with E-state index in [4.69, 9.17) is 11.0 Å². The van der Waals surface area contributed by atoms with Crippen LogP contribution in [0, 0.1) is 17.1 Å². The van der Waals surface area contributed by atoms with Crippen LogP contribution < -0.4 is 16.4 Å². The van der Waals surface area contributed by atoms with Gasteiger partial charge in [-0.2, -0.15) is 5.26 Å². The first-order valence-electron chi connectivity index (χ1n) is 5.71. The highest BCUT2D eigenvalue weighted by molar-refractivity contribution is 6.01. The summed E-state index contributed by atoms with van der Waals surface area (Å²) in [5.41, 5.74) is 7.07. The maximum atomic E-state index is 12.9. The number of hydrogen-bond donors (Lipinski definition) is 3. The number of rotatable bonds is 2. The van der Waals surface area contributed by atoms with Crippen LogP contribution >= 0.6 is 0 Å². The number of nitrogen functional groups attached to an aromatic ring is 1. The Hall–Kier alpha value is -3.07. The van der Waals surface area contributed by atoms with Crippen LogP contribution in [0.2, 0.25) is 0 Å². The third-order valence-electron chi connectivity index (χ3n) is 2.53. The van der Waals surface area contributed by atoms with E-state index < -0.39 is 11.8 Å². The van der Waals surface area contributed by atoms with Crippen molar-refractivity contribution in [3.05, 3.63) is 53.8 Å². The first-order chi connectivity index (χ1) is 9.58. The average Bonchev–Trinajstić information content (AvgIpc) is 2.43. The molecular weight excluding hydrogens is 259 g/mol. The Bertz CT molecular complexity index is 677. The zero-order valence-corrected chi connectivity index (χ0v) is 10.4. The minimum absolute atomic E-state index is 0.139. The fourth-order valence-electron chi connectivity index (χ4n) is 1.56. The molecule has 5 nitrogen and oxygen atoms in total. The number of carbonyl (C=O) groups excluding carboxylic acids is 1. The first-order valence-corrected chi connectivity index (χ1v) is 5.71. The van der Waals surface area contributed by atoms with Crippen molar-refractivity contribution in [2.45, 2.75) is 0 Å². The zero-order chi connectivity index (χ0) is 14.5. The lowest BCUT2D eigenvalue weighted by Crippen LogP contribution is -2.20. The maximum absolute atomic E-state index is 12.9. The van der Waals surface area contributed by atoms with Gasteiger partial charge in [-0.3, -0.25) is 0 Å². The fourth-order valence-corrected chi connectivity index (χ4v) is 1.56. The van der Waals surface area contributed by atoms with E-state index in [0.29, 0.717) is 16.9 Å². The van der Waals surface area contributed by atoms with Gasteiger partial charge in [0.1, 0.15) is 5.82 Å². The predicted molar refractivity (Wildman–Crippen MR) is 74.6 cm³/mol. The number of benzene rings is 2. The van der Waals surface area contributed by atoms with Crippen LogP contribution in [0.4, 0.5) is 26.2 Å². The van der Waals surface area contributed by atoms with Crippen molar-refractivity contribution in [2.75, 3.05) is 16.4 Å². The molecule has 0 heterocycles. The van der Waals surface area contributed by atoms with Crippen molar-refractivity contribution in [1.82, 2.24) is 0 Å². The molecule has 0 aliphatic carbocycles. The number of nitrogens with zero attached hydrogens (tertiary/aromatic N) is 1. The quantitative estimate of drug-likeness (QED) is 0.733. The maximum Gasteiger partial charge on any atom is 0.323 e. The molecule has 0 unspecified atom stereocenters. The van der Waals surface area contributed by atoms with Gasteiger partial charge >= 0.3 is 6.03 Å². The molecule has 20 heavy (non-hydrogen) atoms. The van der Waals surface area contributed by atoms with Crippen LogP contribution in [0.5, 0.6) is 0 Å². The summed E-state index contributed by atoms with van der Waals surface area (Å²) in [4.78, 5) is 11.7. The monoisotopic (exact) mass is 270 g/mol. The topological polar surface area (TPSA) is 90.9 Å². The third kappa shape index (κ3) is 3.23. The van der Waals surface area contributed by atoms with E-state index in [0.717, 1.165) is 6.07 Å². The lowest BCUT2D eigenvalue weighted by Gasteiger charge is -2.09. The minimum Gasteiger partial charge on any atom is -0.397 e. The number of urea groups is 1. The van der Waals surface area contributed by atoms with Gasteiger partial charge in [0.05, 0.1) is 23.0 Å². The van der Waals surface area contributed by atoms with E-state index in [1.807, 2.05) is 6.07 Å². The molecule has 100 valence electrons. The van der Waals surface area contributed by atoms with E-state index in [1.54, 1.807) is 24.3 Å². The molecule has 2 amide bonds. The average molecular weight is 270 g/mol. The van der Waals surface area contributed by atoms with E-state index in [-0.39, 0.29) is 5.69 Å². The third-order valence-corrected chi connectivity index (χ3v) is 2.53. The number of nitriles is 1. The van der Waals surface area contributed by atoms with E-state index in [1.165, 1.54) is 12.1 Å². The summed E-state index contributed by atoms with van der Waals surface area (Å²) < 4.78 is 12.9. The van der Waals surface area contributed by atoms with Crippen LogP contribution in [-0.4, -0.2) is 6.03 Å². The Morgan fingerprint density at radius 3 is 2.45 bits per heavy atom. The van der Waals surface area contributed by atoms with Crippen LogP contribution in [0.25, 0.3) is 0 Å². The Labute approximate surface area is 114 Å². The highest BCUT2D eigenvalue weighted by atomic mass is 19.1. The second-order valence-electron chi connectivity index (χ2n) is 4.00. The Balaban J connectivity index is 2.03. The summed E-state index contributed by atoms with van der Waals surface area (Å²) in [7, 11) is 0. The van der Waals surface area contributed by atoms with Crippen molar-refractivity contribution < 1.29 is 9.18 Å². The van der Waals surface area contributed by atoms with Crippen molar-refractivity contribution in [1.29, 1.82) is 5.26 Å². The van der Waals surface area contributed by atoms with E-state index in [2.05, 4.69) is 10.6 Å². The Morgan fingerprint density at radius 2 is 1.85 bits per heavy atom. The van der Waals surface area contributed by atoms with Gasteiger partial charge in [0.25, 0.3) is 0 Å². The fraction of sp³-hybridized carbons (Fsp3) is 0. The van der Waals surface area contributed by atoms with Crippen LogP contribution in [0.15, 0.2) is 42.5 Å². The Kier molecular flexibility index (Phi) is 3.82. The molecule has 0 fully saturated rings. The molecule has 0 radical (unpaired) electrons. The van der Waals surface area contributed by atoms with E-state index >= 15 is 0 Å². The van der Waals surface area contributed by atoms with Gasteiger partial charge in [0.15, 0.2) is 0 Å². The van der Waals surface area contributed by atoms with Gasteiger partial charge in [-0.25, -0.2) is 9.18 Å².